The molecule has 1 N–H and O–H groups in total. The average Bonchev–Trinajstić information content (AvgIpc) is 3.03. The zero-order chi connectivity index (χ0) is 21.0. The molecular weight excluding hydrogens is 384 g/mol. The molecule has 0 radical (unpaired) electrons. The summed E-state index contributed by atoms with van der Waals surface area (Å²) < 4.78 is 0. The van der Waals surface area contributed by atoms with Gasteiger partial charge in [0.25, 0.3) is 5.91 Å². The lowest BCUT2D eigenvalue weighted by Crippen LogP contribution is -2.54. The average molecular weight is 417 g/mol. The molecule has 0 aromatic carbocycles. The number of thiazole rings is 1. The Labute approximate surface area is 176 Å². The summed E-state index contributed by atoms with van der Waals surface area (Å²) in [7, 11) is 0. The van der Waals surface area contributed by atoms with Gasteiger partial charge in [0.2, 0.25) is 0 Å². The minimum atomic E-state index is -0.409. The van der Waals surface area contributed by atoms with Crippen LogP contribution < -0.4 is 0 Å². The van der Waals surface area contributed by atoms with Crippen molar-refractivity contribution in [2.75, 3.05) is 6.54 Å². The maximum atomic E-state index is 13.5. The van der Waals surface area contributed by atoms with Crippen molar-refractivity contribution >= 4 is 27.6 Å². The van der Waals surface area contributed by atoms with Crippen molar-refractivity contribution in [3.05, 3.63) is 16.5 Å². The molecule has 1 amide bonds. The molecule has 1 atom stereocenters. The van der Waals surface area contributed by atoms with Crippen LogP contribution >= 0.6 is 11.3 Å². The normalized spacial score (nSPS) is 24.8. The van der Waals surface area contributed by atoms with E-state index in [9.17, 15) is 9.90 Å². The molecule has 6 nitrogen and oxygen atoms in total. The summed E-state index contributed by atoms with van der Waals surface area (Å²) in [6, 6.07) is 0. The number of carbonyl (C=O) groups excluding carboxylic acids is 1. The minimum Gasteiger partial charge on any atom is -0.393 e. The summed E-state index contributed by atoms with van der Waals surface area (Å²) in [5, 5.41) is 11.1. The largest absolute Gasteiger partial charge is 0.393 e. The first-order chi connectivity index (χ1) is 13.6. The number of nitrogens with zero attached hydrogens (tertiary/aromatic N) is 4. The molecule has 4 rings (SSSR count). The predicted molar refractivity (Wildman–Crippen MR) is 115 cm³/mol. The molecule has 0 spiro atoms. The van der Waals surface area contributed by atoms with Crippen LogP contribution in [0, 0.1) is 12.3 Å². The maximum absolute atomic E-state index is 13.5. The number of amides is 1. The highest BCUT2D eigenvalue weighted by atomic mass is 32.1. The molecular formula is C22H32N4O2S. The Kier molecular flexibility index (Phi) is 5.18. The van der Waals surface area contributed by atoms with Gasteiger partial charge in [0.15, 0.2) is 5.69 Å². The first-order valence-corrected chi connectivity index (χ1v) is 11.5. The standard InChI is InChI=1S/C22H32N4O2S/c1-13-23-17(20(28)26-11-8-15(27)12-22(26,4)5)16-19(24-13)29-18(25-16)14-6-9-21(2,3)10-7-14/h14-15,27H,6-12H2,1-5H3. The quantitative estimate of drug-likeness (QED) is 0.782. The number of likely N-dealkylation sites (tertiary alicyclic amines) is 1. The van der Waals surface area contributed by atoms with Crippen LogP contribution in [0.15, 0.2) is 0 Å². The van der Waals surface area contributed by atoms with Gasteiger partial charge in [0.05, 0.1) is 11.1 Å². The van der Waals surface area contributed by atoms with Gasteiger partial charge in [-0.15, -0.1) is 0 Å². The molecule has 7 heteroatoms. The van der Waals surface area contributed by atoms with Gasteiger partial charge in [0.1, 0.15) is 16.2 Å². The zero-order valence-corrected chi connectivity index (χ0v) is 19.0. The lowest BCUT2D eigenvalue weighted by Gasteiger charge is -2.44. The van der Waals surface area contributed by atoms with Gasteiger partial charge in [-0.2, -0.15) is 0 Å². The topological polar surface area (TPSA) is 79.2 Å². The maximum Gasteiger partial charge on any atom is 0.275 e. The summed E-state index contributed by atoms with van der Waals surface area (Å²) in [4.78, 5) is 30.2. The molecule has 29 heavy (non-hydrogen) atoms. The van der Waals surface area contributed by atoms with E-state index in [0.717, 1.165) is 22.7 Å². The molecule has 2 aromatic heterocycles. The van der Waals surface area contributed by atoms with Crippen LogP contribution in [0.2, 0.25) is 0 Å². The third kappa shape index (κ3) is 4.04. The van der Waals surface area contributed by atoms with Crippen LogP contribution in [0.3, 0.4) is 0 Å². The summed E-state index contributed by atoms with van der Waals surface area (Å²) in [6.07, 6.45) is 5.50. The molecule has 2 aliphatic rings. The van der Waals surface area contributed by atoms with Gasteiger partial charge in [-0.05, 0) is 64.7 Å². The van der Waals surface area contributed by atoms with Crippen molar-refractivity contribution in [3.63, 3.8) is 0 Å². The number of aliphatic hydroxyl groups is 1. The Morgan fingerprint density at radius 2 is 1.79 bits per heavy atom. The Balaban J connectivity index is 1.68. The summed E-state index contributed by atoms with van der Waals surface area (Å²) in [5.41, 5.74) is 1.06. The van der Waals surface area contributed by atoms with Crippen LogP contribution in [0.25, 0.3) is 10.3 Å². The predicted octanol–water partition coefficient (Wildman–Crippen LogP) is 4.45. The fraction of sp³-hybridized carbons (Fsp3) is 0.727. The number of rotatable bonds is 2. The zero-order valence-electron chi connectivity index (χ0n) is 18.2. The number of aromatic nitrogens is 3. The molecule has 0 bridgehead atoms. The second kappa shape index (κ2) is 7.27. The fourth-order valence-corrected chi connectivity index (χ4v) is 5.94. The first-order valence-electron chi connectivity index (χ1n) is 10.7. The number of hydrogen-bond acceptors (Lipinski definition) is 6. The molecule has 1 saturated carbocycles. The Bertz CT molecular complexity index is 926. The SMILES string of the molecule is Cc1nc(C(=O)N2CCC(O)CC2(C)C)c2nc(C3CCC(C)(C)CC3)sc2n1. The van der Waals surface area contributed by atoms with Crippen LogP contribution in [-0.2, 0) is 0 Å². The van der Waals surface area contributed by atoms with Crippen LogP contribution in [-0.4, -0.2) is 49.1 Å². The molecule has 3 heterocycles. The number of piperidine rings is 1. The highest BCUT2D eigenvalue weighted by Crippen LogP contribution is 2.44. The van der Waals surface area contributed by atoms with E-state index in [-0.39, 0.29) is 12.0 Å². The van der Waals surface area contributed by atoms with Gasteiger partial charge in [0, 0.05) is 18.0 Å². The van der Waals surface area contributed by atoms with E-state index in [1.54, 1.807) is 11.3 Å². The van der Waals surface area contributed by atoms with E-state index in [0.29, 0.717) is 47.8 Å². The number of carbonyl (C=O) groups is 1. The van der Waals surface area contributed by atoms with Gasteiger partial charge >= 0.3 is 0 Å². The molecule has 2 aromatic rings. The van der Waals surface area contributed by atoms with Crippen molar-refractivity contribution in [2.45, 2.75) is 90.7 Å². The van der Waals surface area contributed by atoms with Crippen molar-refractivity contribution < 1.29 is 9.90 Å². The van der Waals surface area contributed by atoms with Crippen molar-refractivity contribution in [3.8, 4) is 0 Å². The van der Waals surface area contributed by atoms with Crippen LogP contribution in [0.1, 0.15) is 93.5 Å². The van der Waals surface area contributed by atoms with E-state index in [1.165, 1.54) is 12.8 Å². The molecule has 1 saturated heterocycles. The van der Waals surface area contributed by atoms with Crippen molar-refractivity contribution in [1.82, 2.24) is 19.9 Å². The highest BCUT2D eigenvalue weighted by Gasteiger charge is 2.39. The second-order valence-electron chi connectivity index (χ2n) is 10.2. The highest BCUT2D eigenvalue weighted by molar-refractivity contribution is 7.18. The van der Waals surface area contributed by atoms with E-state index in [1.807, 2.05) is 25.7 Å². The smallest absolute Gasteiger partial charge is 0.275 e. The Hall–Kier alpha value is -1.60. The minimum absolute atomic E-state index is 0.0981. The molecule has 158 valence electrons. The molecule has 1 unspecified atom stereocenters. The van der Waals surface area contributed by atoms with Gasteiger partial charge in [-0.3, -0.25) is 4.79 Å². The first kappa shape index (κ1) is 20.7. The summed E-state index contributed by atoms with van der Waals surface area (Å²) in [6.45, 7) is 11.1. The summed E-state index contributed by atoms with van der Waals surface area (Å²) in [5.74, 6) is 0.960. The number of aliphatic hydroxyl groups excluding tert-OH is 1. The number of hydrogen-bond donors (Lipinski definition) is 1. The van der Waals surface area contributed by atoms with Crippen LogP contribution in [0.4, 0.5) is 0 Å². The Morgan fingerprint density at radius 3 is 2.45 bits per heavy atom. The molecule has 2 fully saturated rings. The van der Waals surface area contributed by atoms with E-state index >= 15 is 0 Å². The Morgan fingerprint density at radius 1 is 1.10 bits per heavy atom. The van der Waals surface area contributed by atoms with E-state index in [2.05, 4.69) is 23.8 Å². The lowest BCUT2D eigenvalue weighted by molar-refractivity contribution is 0.00303. The van der Waals surface area contributed by atoms with Gasteiger partial charge in [-0.25, -0.2) is 15.0 Å². The number of aryl methyl sites for hydroxylation is 1. The van der Waals surface area contributed by atoms with Crippen molar-refractivity contribution in [1.29, 1.82) is 0 Å². The van der Waals surface area contributed by atoms with E-state index in [4.69, 9.17) is 4.98 Å². The third-order valence-electron chi connectivity index (χ3n) is 6.67. The molecule has 1 aliphatic carbocycles. The monoisotopic (exact) mass is 416 g/mol. The van der Waals surface area contributed by atoms with Crippen molar-refractivity contribution in [2.24, 2.45) is 5.41 Å². The molecule has 1 aliphatic heterocycles. The van der Waals surface area contributed by atoms with Gasteiger partial charge < -0.3 is 10.0 Å². The van der Waals surface area contributed by atoms with E-state index < -0.39 is 5.54 Å². The second-order valence-corrected chi connectivity index (χ2v) is 11.2. The number of fused-ring (bicyclic) bond motifs is 1. The van der Waals surface area contributed by atoms with Crippen LogP contribution in [0.5, 0.6) is 0 Å². The van der Waals surface area contributed by atoms with Gasteiger partial charge in [-0.1, -0.05) is 25.2 Å². The summed E-state index contributed by atoms with van der Waals surface area (Å²) >= 11 is 1.62. The lowest BCUT2D eigenvalue weighted by atomic mass is 9.73. The third-order valence-corrected chi connectivity index (χ3v) is 7.79. The fourth-order valence-electron chi connectivity index (χ4n) is 4.79.